The monoisotopic (exact) mass is 530 g/mol. The number of alkyl halides is 6. The van der Waals surface area contributed by atoms with Crippen LogP contribution in [0.15, 0.2) is 42.5 Å². The molecule has 0 aromatic heterocycles. The summed E-state index contributed by atoms with van der Waals surface area (Å²) in [4.78, 5) is 16.6. The first kappa shape index (κ1) is 27.3. The molecule has 2 heterocycles. The van der Waals surface area contributed by atoms with Gasteiger partial charge in [-0.25, -0.2) is 4.79 Å². The highest BCUT2D eigenvalue weighted by Gasteiger charge is 2.38. The molecule has 2 aromatic carbocycles. The van der Waals surface area contributed by atoms with E-state index in [9.17, 15) is 31.1 Å². The Kier molecular flexibility index (Phi) is 8.03. The molecule has 0 bridgehead atoms. The lowest BCUT2D eigenvalue weighted by Gasteiger charge is -2.41. The van der Waals surface area contributed by atoms with Crippen LogP contribution in [-0.2, 0) is 28.4 Å². The molecule has 2 aliphatic heterocycles. The van der Waals surface area contributed by atoms with Crippen molar-refractivity contribution in [2.75, 3.05) is 39.4 Å². The molecule has 2 aliphatic rings. The minimum atomic E-state index is -4.93. The standard InChI is InChI=1S/C26H28F6N2O3/c1-17-4-2-3-5-21(17)22-15-34(24(35)33-8-10-36-11-9-33)7-6-23(22)37-16-18-12-19(25(27,28)29)14-20(13-18)26(30,31)32/h2-5,12-14,22-23H,6-11,15-16H2,1H3/t22-,23-/m0/s1. The summed E-state index contributed by atoms with van der Waals surface area (Å²) in [7, 11) is 0. The third-order valence-corrected chi connectivity index (χ3v) is 6.80. The second kappa shape index (κ2) is 10.9. The Morgan fingerprint density at radius 2 is 1.57 bits per heavy atom. The number of nitrogens with zero attached hydrogens (tertiary/aromatic N) is 2. The van der Waals surface area contributed by atoms with E-state index in [-0.39, 0.29) is 23.6 Å². The van der Waals surface area contributed by atoms with E-state index < -0.39 is 36.2 Å². The zero-order valence-corrected chi connectivity index (χ0v) is 20.2. The minimum Gasteiger partial charge on any atom is -0.378 e. The first-order chi connectivity index (χ1) is 17.4. The number of aryl methyl sites for hydroxylation is 1. The lowest BCUT2D eigenvalue weighted by atomic mass is 9.85. The van der Waals surface area contributed by atoms with Gasteiger partial charge in [0.25, 0.3) is 0 Å². The topological polar surface area (TPSA) is 42.0 Å². The maximum absolute atomic E-state index is 13.3. The molecule has 0 spiro atoms. The van der Waals surface area contributed by atoms with E-state index in [1.165, 1.54) is 0 Å². The van der Waals surface area contributed by atoms with Crippen molar-refractivity contribution >= 4 is 6.03 Å². The number of halogens is 6. The van der Waals surface area contributed by atoms with Crippen LogP contribution in [0.1, 0.15) is 40.2 Å². The van der Waals surface area contributed by atoms with Gasteiger partial charge in [-0.1, -0.05) is 24.3 Å². The molecule has 202 valence electrons. The molecule has 2 aromatic rings. The Bertz CT molecular complexity index is 1070. The summed E-state index contributed by atoms with van der Waals surface area (Å²) in [6, 6.07) is 8.91. The number of urea groups is 1. The van der Waals surface area contributed by atoms with Crippen LogP contribution in [0.4, 0.5) is 31.1 Å². The number of amides is 2. The van der Waals surface area contributed by atoms with E-state index in [0.717, 1.165) is 11.1 Å². The Morgan fingerprint density at radius 3 is 2.16 bits per heavy atom. The second-order valence-corrected chi connectivity index (χ2v) is 9.34. The largest absolute Gasteiger partial charge is 0.416 e. The van der Waals surface area contributed by atoms with Crippen molar-refractivity contribution in [1.29, 1.82) is 0 Å². The molecule has 5 nitrogen and oxygen atoms in total. The Balaban J connectivity index is 1.56. The third kappa shape index (κ3) is 6.56. The van der Waals surface area contributed by atoms with Gasteiger partial charge in [0.15, 0.2) is 0 Å². The molecule has 0 saturated carbocycles. The van der Waals surface area contributed by atoms with Crippen LogP contribution >= 0.6 is 0 Å². The summed E-state index contributed by atoms with van der Waals surface area (Å²) in [5.41, 5.74) is -1.07. The van der Waals surface area contributed by atoms with Crippen LogP contribution in [0.3, 0.4) is 0 Å². The van der Waals surface area contributed by atoms with E-state index in [4.69, 9.17) is 9.47 Å². The quantitative estimate of drug-likeness (QED) is 0.465. The van der Waals surface area contributed by atoms with Crippen molar-refractivity contribution in [2.24, 2.45) is 0 Å². The SMILES string of the molecule is Cc1ccccc1[C@@H]1CN(C(=O)N2CCOCC2)CC[C@@H]1OCc1cc(C(F)(F)F)cc(C(F)(F)F)c1. The maximum atomic E-state index is 13.3. The van der Waals surface area contributed by atoms with Crippen molar-refractivity contribution in [2.45, 2.75) is 44.3 Å². The lowest BCUT2D eigenvalue weighted by molar-refractivity contribution is -0.143. The van der Waals surface area contributed by atoms with Gasteiger partial charge in [0.2, 0.25) is 0 Å². The van der Waals surface area contributed by atoms with Crippen molar-refractivity contribution in [3.8, 4) is 0 Å². The van der Waals surface area contributed by atoms with Gasteiger partial charge in [0.1, 0.15) is 0 Å². The summed E-state index contributed by atoms with van der Waals surface area (Å²) < 4.78 is 91.0. The molecular weight excluding hydrogens is 502 g/mol. The van der Waals surface area contributed by atoms with E-state index in [0.29, 0.717) is 57.9 Å². The lowest BCUT2D eigenvalue weighted by Crippen LogP contribution is -2.53. The van der Waals surface area contributed by atoms with Gasteiger partial charge in [0, 0.05) is 32.1 Å². The molecule has 2 fully saturated rings. The molecule has 2 atom stereocenters. The van der Waals surface area contributed by atoms with Crippen LogP contribution in [-0.4, -0.2) is 61.3 Å². The first-order valence-corrected chi connectivity index (χ1v) is 12.0. The fourth-order valence-corrected chi connectivity index (χ4v) is 4.87. The second-order valence-electron chi connectivity index (χ2n) is 9.34. The number of likely N-dealkylation sites (tertiary alicyclic amines) is 1. The molecule has 11 heteroatoms. The highest BCUT2D eigenvalue weighted by molar-refractivity contribution is 5.75. The fourth-order valence-electron chi connectivity index (χ4n) is 4.87. The molecule has 0 N–H and O–H groups in total. The molecule has 0 unspecified atom stereocenters. The predicted octanol–water partition coefficient (Wildman–Crippen LogP) is 5.86. The zero-order valence-electron chi connectivity index (χ0n) is 20.2. The molecule has 0 radical (unpaired) electrons. The summed E-state index contributed by atoms with van der Waals surface area (Å²) in [5.74, 6) is -0.298. The van der Waals surface area contributed by atoms with Gasteiger partial charge in [-0.05, 0) is 48.2 Å². The van der Waals surface area contributed by atoms with Crippen LogP contribution < -0.4 is 0 Å². The minimum absolute atomic E-state index is 0.107. The van der Waals surface area contributed by atoms with Crippen LogP contribution in [0.2, 0.25) is 0 Å². The number of hydrogen-bond acceptors (Lipinski definition) is 3. The molecule has 0 aliphatic carbocycles. The number of hydrogen-bond donors (Lipinski definition) is 0. The number of carbonyl (C=O) groups is 1. The predicted molar refractivity (Wildman–Crippen MR) is 123 cm³/mol. The van der Waals surface area contributed by atoms with Gasteiger partial charge < -0.3 is 19.3 Å². The average Bonchev–Trinajstić information content (AvgIpc) is 2.86. The number of carbonyl (C=O) groups excluding carboxylic acids is 1. The highest BCUT2D eigenvalue weighted by Crippen LogP contribution is 2.37. The van der Waals surface area contributed by atoms with Crippen molar-refractivity contribution in [1.82, 2.24) is 9.80 Å². The van der Waals surface area contributed by atoms with E-state index >= 15 is 0 Å². The van der Waals surface area contributed by atoms with Gasteiger partial charge in [0.05, 0.1) is 37.1 Å². The zero-order chi connectivity index (χ0) is 26.8. The van der Waals surface area contributed by atoms with Crippen molar-refractivity contribution in [3.63, 3.8) is 0 Å². The summed E-state index contributed by atoms with van der Waals surface area (Å²) in [6.45, 7) is 4.08. The Morgan fingerprint density at radius 1 is 0.946 bits per heavy atom. The first-order valence-electron chi connectivity index (χ1n) is 12.0. The van der Waals surface area contributed by atoms with Crippen LogP contribution in [0.25, 0.3) is 0 Å². The maximum Gasteiger partial charge on any atom is 0.416 e. The van der Waals surface area contributed by atoms with Crippen LogP contribution in [0.5, 0.6) is 0 Å². The van der Waals surface area contributed by atoms with E-state index in [1.807, 2.05) is 31.2 Å². The average molecular weight is 531 g/mol. The van der Waals surface area contributed by atoms with E-state index in [1.54, 1.807) is 9.80 Å². The molecule has 2 saturated heterocycles. The summed E-state index contributed by atoms with van der Waals surface area (Å²) in [5, 5.41) is 0. The van der Waals surface area contributed by atoms with Gasteiger partial charge >= 0.3 is 18.4 Å². The summed E-state index contributed by atoms with van der Waals surface area (Å²) >= 11 is 0. The van der Waals surface area contributed by atoms with Gasteiger partial charge in [-0.3, -0.25) is 0 Å². The smallest absolute Gasteiger partial charge is 0.378 e. The number of rotatable bonds is 4. The van der Waals surface area contributed by atoms with Crippen LogP contribution in [0, 0.1) is 6.92 Å². The molecule has 4 rings (SSSR count). The number of morpholine rings is 1. The third-order valence-electron chi connectivity index (χ3n) is 6.80. The number of piperidine rings is 1. The van der Waals surface area contributed by atoms with Gasteiger partial charge in [-0.2, -0.15) is 26.3 Å². The molecular formula is C26H28F6N2O3. The van der Waals surface area contributed by atoms with Crippen molar-refractivity contribution < 1.29 is 40.6 Å². The molecule has 37 heavy (non-hydrogen) atoms. The van der Waals surface area contributed by atoms with E-state index in [2.05, 4.69) is 0 Å². The van der Waals surface area contributed by atoms with Crippen molar-refractivity contribution in [3.05, 3.63) is 70.3 Å². The normalized spacial score (nSPS) is 21.3. The Hall–Kier alpha value is -2.79. The summed E-state index contributed by atoms with van der Waals surface area (Å²) in [6.07, 6.45) is -9.96. The molecule has 2 amide bonds. The number of ether oxygens (including phenoxy) is 2. The number of benzene rings is 2. The fraction of sp³-hybridized carbons (Fsp3) is 0.500. The Labute approximate surface area is 210 Å². The van der Waals surface area contributed by atoms with Gasteiger partial charge in [-0.15, -0.1) is 0 Å². The highest BCUT2D eigenvalue weighted by atomic mass is 19.4.